The quantitative estimate of drug-likeness (QED) is 0.277. The molecule has 9 nitrogen and oxygen atoms in total. The first-order valence-corrected chi connectivity index (χ1v) is 15.5. The number of fused-ring (bicyclic) bond motifs is 1. The number of nitriles is 2. The number of hydrogen-bond acceptors (Lipinski definition) is 7. The van der Waals surface area contributed by atoms with Crippen LogP contribution in [0.25, 0.3) is 11.0 Å². The van der Waals surface area contributed by atoms with Crippen LogP contribution in [0, 0.1) is 28.6 Å². The molecule has 228 valence electrons. The Bertz CT molecular complexity index is 1730. The SMILES string of the molecule is N#Cc1ccc(CN2CCC(NC(=O)c3cc4cc(NC(=O)C5CCN(Cc6ccc(C#N)cc6)CC5)ccc4o3)CC2)cc1. The first kappa shape index (κ1) is 30.1. The number of benzene rings is 3. The van der Waals surface area contributed by atoms with E-state index in [1.54, 1.807) is 12.1 Å². The van der Waals surface area contributed by atoms with E-state index in [0.717, 1.165) is 70.3 Å². The average Bonchev–Trinajstić information content (AvgIpc) is 3.50. The monoisotopic (exact) mass is 600 g/mol. The van der Waals surface area contributed by atoms with Crippen LogP contribution in [-0.4, -0.2) is 53.8 Å². The Morgan fingerprint density at radius 2 is 1.31 bits per heavy atom. The summed E-state index contributed by atoms with van der Waals surface area (Å²) in [5, 5.41) is 24.9. The standard InChI is InChI=1S/C36H36N6O3/c37-21-25-1-5-27(6-2-25)23-41-15-11-29(12-16-41)35(43)40-32-9-10-33-30(19-32)20-34(45-33)36(44)39-31-13-17-42(18-14-31)24-28-7-3-26(22-38)4-8-28/h1-10,19-20,29,31H,11-18,23-24H2,(H,39,44)(H,40,43). The van der Waals surface area contributed by atoms with Gasteiger partial charge in [-0.05, 0) is 98.4 Å². The Morgan fingerprint density at radius 3 is 1.87 bits per heavy atom. The van der Waals surface area contributed by atoms with Gasteiger partial charge in [0.15, 0.2) is 5.76 Å². The summed E-state index contributed by atoms with van der Waals surface area (Å²) in [5.74, 6) is -0.00305. The van der Waals surface area contributed by atoms with E-state index in [2.05, 4.69) is 32.6 Å². The summed E-state index contributed by atoms with van der Waals surface area (Å²) < 4.78 is 5.86. The number of carbonyl (C=O) groups excluding carboxylic acids is 2. The molecule has 2 N–H and O–H groups in total. The molecule has 2 saturated heterocycles. The number of piperidine rings is 2. The molecule has 0 radical (unpaired) electrons. The Kier molecular flexibility index (Phi) is 9.21. The minimum Gasteiger partial charge on any atom is -0.451 e. The zero-order valence-electron chi connectivity index (χ0n) is 25.2. The fraction of sp³-hybridized carbons (Fsp3) is 0.333. The molecule has 3 aromatic carbocycles. The Labute approximate surface area is 263 Å². The van der Waals surface area contributed by atoms with Gasteiger partial charge in [-0.1, -0.05) is 24.3 Å². The first-order chi connectivity index (χ1) is 21.9. The number of amides is 2. The lowest BCUT2D eigenvalue weighted by Gasteiger charge is -2.32. The second-order valence-electron chi connectivity index (χ2n) is 12.0. The van der Waals surface area contributed by atoms with Crippen molar-refractivity contribution < 1.29 is 14.0 Å². The maximum atomic E-state index is 13.1. The van der Waals surface area contributed by atoms with Crippen molar-refractivity contribution in [1.82, 2.24) is 15.1 Å². The van der Waals surface area contributed by atoms with Crippen LogP contribution in [0.3, 0.4) is 0 Å². The number of likely N-dealkylation sites (tertiary alicyclic amines) is 2. The first-order valence-electron chi connectivity index (χ1n) is 15.5. The van der Waals surface area contributed by atoms with E-state index in [-0.39, 0.29) is 29.5 Å². The van der Waals surface area contributed by atoms with Crippen LogP contribution >= 0.6 is 0 Å². The van der Waals surface area contributed by atoms with Gasteiger partial charge in [0.1, 0.15) is 5.58 Å². The third-order valence-electron chi connectivity index (χ3n) is 8.87. The van der Waals surface area contributed by atoms with Gasteiger partial charge in [0.25, 0.3) is 5.91 Å². The zero-order chi connectivity index (χ0) is 31.2. The summed E-state index contributed by atoms with van der Waals surface area (Å²) in [6, 6.07) is 26.9. The zero-order valence-corrected chi connectivity index (χ0v) is 25.2. The molecule has 9 heteroatoms. The van der Waals surface area contributed by atoms with Crippen molar-refractivity contribution in [2.45, 2.75) is 44.8 Å². The summed E-state index contributed by atoms with van der Waals surface area (Å²) in [6.45, 7) is 5.08. The number of carbonyl (C=O) groups is 2. The summed E-state index contributed by atoms with van der Waals surface area (Å²) in [6.07, 6.45) is 3.28. The molecular formula is C36H36N6O3. The average molecular weight is 601 g/mol. The number of rotatable bonds is 8. The lowest BCUT2D eigenvalue weighted by Crippen LogP contribution is -2.44. The summed E-state index contributed by atoms with van der Waals surface area (Å²) in [7, 11) is 0. The Hall–Kier alpha value is -4.96. The number of nitrogens with zero attached hydrogens (tertiary/aromatic N) is 4. The molecular weight excluding hydrogens is 564 g/mol. The van der Waals surface area contributed by atoms with Crippen molar-refractivity contribution in [3.63, 3.8) is 0 Å². The van der Waals surface area contributed by atoms with Gasteiger partial charge in [0, 0.05) is 49.2 Å². The van der Waals surface area contributed by atoms with Gasteiger partial charge in [-0.25, -0.2) is 0 Å². The van der Waals surface area contributed by atoms with Crippen molar-refractivity contribution in [1.29, 1.82) is 10.5 Å². The highest BCUT2D eigenvalue weighted by atomic mass is 16.3. The maximum absolute atomic E-state index is 13.1. The Balaban J connectivity index is 0.964. The van der Waals surface area contributed by atoms with Crippen molar-refractivity contribution in [3.05, 3.63) is 101 Å². The fourth-order valence-corrected chi connectivity index (χ4v) is 6.21. The molecule has 0 spiro atoms. The number of hydrogen-bond donors (Lipinski definition) is 2. The van der Waals surface area contributed by atoms with Crippen LogP contribution in [0.5, 0.6) is 0 Å². The third kappa shape index (κ3) is 7.58. The minimum absolute atomic E-state index is 0.0133. The number of anilines is 1. The molecule has 0 aliphatic carbocycles. The number of nitrogens with one attached hydrogen (secondary N) is 2. The van der Waals surface area contributed by atoms with Crippen LogP contribution in [0.4, 0.5) is 5.69 Å². The third-order valence-corrected chi connectivity index (χ3v) is 8.87. The van der Waals surface area contributed by atoms with E-state index in [1.807, 2.05) is 60.7 Å². The van der Waals surface area contributed by atoms with Crippen LogP contribution in [-0.2, 0) is 17.9 Å². The van der Waals surface area contributed by atoms with Gasteiger partial charge < -0.3 is 15.1 Å². The topological polar surface area (TPSA) is 125 Å². The van der Waals surface area contributed by atoms with Gasteiger partial charge in [-0.15, -0.1) is 0 Å². The lowest BCUT2D eigenvalue weighted by molar-refractivity contribution is -0.121. The second-order valence-corrected chi connectivity index (χ2v) is 12.0. The van der Waals surface area contributed by atoms with Crippen LogP contribution < -0.4 is 10.6 Å². The molecule has 2 amide bonds. The van der Waals surface area contributed by atoms with Gasteiger partial charge in [0.2, 0.25) is 5.91 Å². The molecule has 0 saturated carbocycles. The molecule has 2 aliphatic rings. The van der Waals surface area contributed by atoms with Crippen molar-refractivity contribution in [2.75, 3.05) is 31.5 Å². The lowest BCUT2D eigenvalue weighted by atomic mass is 9.95. The molecule has 45 heavy (non-hydrogen) atoms. The molecule has 3 heterocycles. The summed E-state index contributed by atoms with van der Waals surface area (Å²) in [5.41, 5.74) is 4.96. The Morgan fingerprint density at radius 1 is 0.756 bits per heavy atom. The van der Waals surface area contributed by atoms with Crippen molar-refractivity contribution >= 4 is 28.5 Å². The highest BCUT2D eigenvalue weighted by Gasteiger charge is 2.26. The molecule has 6 rings (SSSR count). The highest BCUT2D eigenvalue weighted by Crippen LogP contribution is 2.26. The summed E-state index contributed by atoms with van der Waals surface area (Å²) >= 11 is 0. The van der Waals surface area contributed by atoms with Gasteiger partial charge in [-0.2, -0.15) is 10.5 Å². The highest BCUT2D eigenvalue weighted by molar-refractivity contribution is 5.98. The number of furan rings is 1. The molecule has 1 aromatic heterocycles. The molecule has 2 fully saturated rings. The van der Waals surface area contributed by atoms with E-state index >= 15 is 0 Å². The van der Waals surface area contributed by atoms with Crippen LogP contribution in [0.1, 0.15) is 58.5 Å². The van der Waals surface area contributed by atoms with E-state index in [1.165, 1.54) is 11.1 Å². The fourth-order valence-electron chi connectivity index (χ4n) is 6.21. The molecule has 0 unspecified atom stereocenters. The molecule has 4 aromatic rings. The van der Waals surface area contributed by atoms with Gasteiger partial charge in [0.05, 0.1) is 23.3 Å². The summed E-state index contributed by atoms with van der Waals surface area (Å²) in [4.78, 5) is 30.8. The van der Waals surface area contributed by atoms with Crippen molar-refractivity contribution in [2.24, 2.45) is 5.92 Å². The predicted octanol–water partition coefficient (Wildman–Crippen LogP) is 5.42. The van der Waals surface area contributed by atoms with E-state index < -0.39 is 0 Å². The largest absolute Gasteiger partial charge is 0.451 e. The maximum Gasteiger partial charge on any atom is 0.287 e. The second kappa shape index (κ2) is 13.8. The van der Waals surface area contributed by atoms with Gasteiger partial charge >= 0.3 is 0 Å². The molecule has 2 aliphatic heterocycles. The minimum atomic E-state index is -0.227. The molecule has 0 atom stereocenters. The normalized spacial score (nSPS) is 16.6. The van der Waals surface area contributed by atoms with E-state index in [9.17, 15) is 9.59 Å². The predicted molar refractivity (Wildman–Crippen MR) is 171 cm³/mol. The van der Waals surface area contributed by atoms with E-state index in [4.69, 9.17) is 14.9 Å². The van der Waals surface area contributed by atoms with Gasteiger partial charge in [-0.3, -0.25) is 19.4 Å². The van der Waals surface area contributed by atoms with Crippen LogP contribution in [0.15, 0.2) is 77.2 Å². The smallest absolute Gasteiger partial charge is 0.287 e. The van der Waals surface area contributed by atoms with E-state index in [0.29, 0.717) is 22.4 Å². The van der Waals surface area contributed by atoms with Crippen LogP contribution in [0.2, 0.25) is 0 Å². The van der Waals surface area contributed by atoms with Crippen molar-refractivity contribution in [3.8, 4) is 12.1 Å². The molecule has 0 bridgehead atoms.